The minimum atomic E-state index is -3.84. The zero-order valence-electron chi connectivity index (χ0n) is 16.2. The molecule has 2 atom stereocenters. The van der Waals surface area contributed by atoms with Crippen LogP contribution >= 0.6 is 7.72 Å². The summed E-state index contributed by atoms with van der Waals surface area (Å²) in [5.41, 5.74) is 1.36. The summed E-state index contributed by atoms with van der Waals surface area (Å²) in [5.74, 6) is -2.63. The summed E-state index contributed by atoms with van der Waals surface area (Å²) in [7, 11) is -3.84. The van der Waals surface area contributed by atoms with Crippen LogP contribution in [0.15, 0.2) is 60.7 Å². The highest BCUT2D eigenvalue weighted by atomic mass is 31.2. The van der Waals surface area contributed by atoms with Gasteiger partial charge in [-0.3, -0.25) is 15.0 Å². The Labute approximate surface area is 170 Å². The van der Waals surface area contributed by atoms with Crippen molar-refractivity contribution in [1.29, 1.82) is 5.41 Å². The van der Waals surface area contributed by atoms with Gasteiger partial charge < -0.3 is 10.4 Å². The van der Waals surface area contributed by atoms with Crippen molar-refractivity contribution in [3.8, 4) is 0 Å². The van der Waals surface area contributed by atoms with Crippen LogP contribution in [0.25, 0.3) is 0 Å². The molecule has 0 aliphatic carbocycles. The van der Waals surface area contributed by atoms with E-state index in [4.69, 9.17) is 10.5 Å². The molecule has 0 saturated carbocycles. The Balaban J connectivity index is 2.16. The third kappa shape index (κ3) is 7.06. The van der Waals surface area contributed by atoms with Crippen LogP contribution in [0.2, 0.25) is 0 Å². The van der Waals surface area contributed by atoms with Gasteiger partial charge in [-0.1, -0.05) is 60.7 Å². The van der Waals surface area contributed by atoms with Crippen molar-refractivity contribution in [1.82, 2.24) is 5.32 Å². The van der Waals surface area contributed by atoms with Crippen LogP contribution in [-0.4, -0.2) is 44.4 Å². The molecule has 0 saturated heterocycles. The number of rotatable bonds is 10. The largest absolute Gasteiger partial charge is 0.480 e. The number of nitrogens with one attached hydrogen (secondary N) is 2. The van der Waals surface area contributed by atoms with E-state index >= 15 is 0 Å². The molecule has 0 aromatic heterocycles. The standard InChI is InChI=1S/C21H25N2O5P/c1-15(21(25)26)23-20(24)18(12-16-8-4-2-5-9-16)14-29(27,28)19(22)13-17-10-6-3-7-11-17/h2-11,15,18,22,27-28H,12-14H2,1H3,(H-,23,24,25,26)/p+1/t15-,18?/m0/s1. The van der Waals surface area contributed by atoms with Gasteiger partial charge >= 0.3 is 13.7 Å². The minimum Gasteiger partial charge on any atom is -0.480 e. The zero-order valence-corrected chi connectivity index (χ0v) is 17.0. The SMILES string of the molecule is C[C@H](NC(=O)C(Cc1ccccc1)C[P+](O)(O)C(=N)Cc1ccccc1)C(=O)O. The van der Waals surface area contributed by atoms with Crippen molar-refractivity contribution in [2.45, 2.75) is 25.8 Å². The summed E-state index contributed by atoms with van der Waals surface area (Å²) < 4.78 is 0. The molecule has 0 aliphatic rings. The Morgan fingerprint density at radius 3 is 2.03 bits per heavy atom. The van der Waals surface area contributed by atoms with Gasteiger partial charge in [0, 0.05) is 0 Å². The number of amides is 1. The maximum absolute atomic E-state index is 12.7. The van der Waals surface area contributed by atoms with Gasteiger partial charge in [0.25, 0.3) is 0 Å². The predicted molar refractivity (Wildman–Crippen MR) is 113 cm³/mol. The lowest BCUT2D eigenvalue weighted by molar-refractivity contribution is -0.141. The molecule has 0 radical (unpaired) electrons. The monoisotopic (exact) mass is 417 g/mol. The Kier molecular flexibility index (Phi) is 8.02. The molecule has 0 heterocycles. The van der Waals surface area contributed by atoms with Crippen LogP contribution in [0.1, 0.15) is 18.1 Å². The quantitative estimate of drug-likeness (QED) is 0.299. The van der Waals surface area contributed by atoms with Crippen LogP contribution in [0, 0.1) is 11.3 Å². The van der Waals surface area contributed by atoms with E-state index in [2.05, 4.69) is 5.32 Å². The van der Waals surface area contributed by atoms with Crippen molar-refractivity contribution in [3.63, 3.8) is 0 Å². The highest BCUT2D eigenvalue weighted by Crippen LogP contribution is 2.53. The number of hydrogen-bond donors (Lipinski definition) is 5. The summed E-state index contributed by atoms with van der Waals surface area (Å²) in [6, 6.07) is 17.0. The second-order valence-electron chi connectivity index (χ2n) is 6.98. The third-order valence-electron chi connectivity index (χ3n) is 4.55. The predicted octanol–water partition coefficient (Wildman–Crippen LogP) is 2.49. The van der Waals surface area contributed by atoms with Crippen LogP contribution in [0.5, 0.6) is 0 Å². The molecule has 8 heteroatoms. The molecule has 154 valence electrons. The first-order valence-electron chi connectivity index (χ1n) is 9.21. The molecule has 0 aliphatic heterocycles. The maximum atomic E-state index is 12.7. The van der Waals surface area contributed by atoms with Gasteiger partial charge in [-0.15, -0.1) is 0 Å². The van der Waals surface area contributed by atoms with Gasteiger partial charge in [0.2, 0.25) is 11.4 Å². The van der Waals surface area contributed by atoms with Crippen LogP contribution in [-0.2, 0) is 22.4 Å². The van der Waals surface area contributed by atoms with Crippen molar-refractivity contribution >= 4 is 25.0 Å². The first-order chi connectivity index (χ1) is 13.7. The minimum absolute atomic E-state index is 0.0762. The topological polar surface area (TPSA) is 131 Å². The lowest BCUT2D eigenvalue weighted by atomic mass is 10.00. The summed E-state index contributed by atoms with van der Waals surface area (Å²) in [6.45, 7) is 1.34. The van der Waals surface area contributed by atoms with Crippen LogP contribution in [0.4, 0.5) is 0 Å². The highest BCUT2D eigenvalue weighted by molar-refractivity contribution is 7.81. The average molecular weight is 417 g/mol. The van der Waals surface area contributed by atoms with Crippen molar-refractivity contribution in [2.24, 2.45) is 5.92 Å². The first kappa shape index (κ1) is 22.7. The highest BCUT2D eigenvalue weighted by Gasteiger charge is 2.44. The molecule has 1 amide bonds. The van der Waals surface area contributed by atoms with Crippen molar-refractivity contribution < 1.29 is 24.5 Å². The van der Waals surface area contributed by atoms with Crippen molar-refractivity contribution in [2.75, 3.05) is 6.16 Å². The normalized spacial score (nSPS) is 13.3. The second-order valence-corrected chi connectivity index (χ2v) is 9.34. The van der Waals surface area contributed by atoms with Gasteiger partial charge in [0.05, 0.1) is 12.3 Å². The van der Waals surface area contributed by atoms with Crippen LogP contribution < -0.4 is 5.32 Å². The van der Waals surface area contributed by atoms with E-state index in [9.17, 15) is 19.4 Å². The smallest absolute Gasteiger partial charge is 0.325 e. The summed E-state index contributed by atoms with van der Waals surface area (Å²) in [4.78, 5) is 45.0. The fourth-order valence-corrected chi connectivity index (χ4v) is 4.43. The molecule has 29 heavy (non-hydrogen) atoms. The number of benzene rings is 2. The summed E-state index contributed by atoms with van der Waals surface area (Å²) in [6.07, 6.45) is -0.0287. The van der Waals surface area contributed by atoms with Gasteiger partial charge in [-0.2, -0.15) is 0 Å². The van der Waals surface area contributed by atoms with E-state index in [-0.39, 0.29) is 24.5 Å². The molecule has 7 nitrogen and oxygen atoms in total. The molecule has 2 aromatic carbocycles. The van der Waals surface area contributed by atoms with E-state index in [1.807, 2.05) is 36.4 Å². The van der Waals surface area contributed by atoms with E-state index < -0.39 is 31.6 Å². The van der Waals surface area contributed by atoms with Gasteiger partial charge in [-0.25, -0.2) is 9.79 Å². The number of carbonyl (C=O) groups is 2. The molecular formula is C21H26N2O5P+. The second kappa shape index (κ2) is 10.3. The molecular weight excluding hydrogens is 391 g/mol. The molecule has 0 fully saturated rings. The lowest BCUT2D eigenvalue weighted by Crippen LogP contribution is -2.43. The van der Waals surface area contributed by atoms with Crippen LogP contribution in [0.3, 0.4) is 0 Å². The number of carbonyl (C=O) groups excluding carboxylic acids is 1. The average Bonchev–Trinajstić information content (AvgIpc) is 2.68. The zero-order chi connectivity index (χ0) is 21.4. The Hall–Kier alpha value is -2.60. The fourth-order valence-electron chi connectivity index (χ4n) is 2.87. The third-order valence-corrected chi connectivity index (χ3v) is 6.52. The maximum Gasteiger partial charge on any atom is 0.325 e. The van der Waals surface area contributed by atoms with E-state index in [0.717, 1.165) is 11.1 Å². The number of carboxylic acids is 1. The van der Waals surface area contributed by atoms with Gasteiger partial charge in [-0.05, 0) is 24.5 Å². The Bertz CT molecular complexity index is 843. The van der Waals surface area contributed by atoms with E-state index in [1.54, 1.807) is 24.3 Å². The molecule has 2 rings (SSSR count). The molecule has 5 N–H and O–H groups in total. The summed E-state index contributed by atoms with van der Waals surface area (Å²) >= 11 is 0. The summed E-state index contributed by atoms with van der Waals surface area (Å²) in [5, 5.41) is 19.6. The van der Waals surface area contributed by atoms with E-state index in [0.29, 0.717) is 0 Å². The van der Waals surface area contributed by atoms with Gasteiger partial charge in [0.15, 0.2) is 0 Å². The fraction of sp³-hybridized carbons (Fsp3) is 0.286. The Morgan fingerprint density at radius 2 is 1.52 bits per heavy atom. The molecule has 0 spiro atoms. The molecule has 1 unspecified atom stereocenters. The lowest BCUT2D eigenvalue weighted by Gasteiger charge is -2.21. The van der Waals surface area contributed by atoms with E-state index in [1.165, 1.54) is 6.92 Å². The number of carboxylic acid groups (broad SMARTS) is 1. The van der Waals surface area contributed by atoms with Gasteiger partial charge in [0.1, 0.15) is 12.2 Å². The number of aliphatic carboxylic acids is 1. The molecule has 0 bridgehead atoms. The first-order valence-corrected chi connectivity index (χ1v) is 11.1. The van der Waals surface area contributed by atoms with Crippen molar-refractivity contribution in [3.05, 3.63) is 71.8 Å². The number of hydrogen-bond acceptors (Lipinski definition) is 5. The molecule has 2 aromatic rings. The Morgan fingerprint density at radius 1 is 1.00 bits per heavy atom.